The second-order valence-corrected chi connectivity index (χ2v) is 10.6. The van der Waals surface area contributed by atoms with Crippen molar-refractivity contribution in [3.63, 3.8) is 0 Å². The lowest BCUT2D eigenvalue weighted by Gasteiger charge is -2.23. The summed E-state index contributed by atoms with van der Waals surface area (Å²) in [7, 11) is -0.358. The van der Waals surface area contributed by atoms with Gasteiger partial charge in [-0.25, -0.2) is 8.42 Å². The Labute approximate surface area is 220 Å². The molecule has 11 heteroatoms. The minimum atomic E-state index is -3.41. The van der Waals surface area contributed by atoms with Gasteiger partial charge in [-0.15, -0.1) is 0 Å². The fraction of sp³-hybridized carbons (Fsp3) is 0.280. The molecule has 1 heterocycles. The average molecular weight is 553 g/mol. The van der Waals surface area contributed by atoms with E-state index in [2.05, 4.69) is 9.71 Å². The molecule has 0 aliphatic heterocycles. The summed E-state index contributed by atoms with van der Waals surface area (Å²) < 4.78 is 42.0. The van der Waals surface area contributed by atoms with Crippen LogP contribution in [0.2, 0.25) is 10.0 Å². The zero-order valence-electron chi connectivity index (χ0n) is 20.1. The number of hydrogen-bond donors (Lipinski definition) is 1. The molecule has 0 radical (unpaired) electrons. The number of halogens is 2. The first-order chi connectivity index (χ1) is 17.0. The zero-order valence-corrected chi connectivity index (χ0v) is 22.4. The summed E-state index contributed by atoms with van der Waals surface area (Å²) in [6, 6.07) is 11.7. The van der Waals surface area contributed by atoms with Gasteiger partial charge in [0.1, 0.15) is 6.10 Å². The van der Waals surface area contributed by atoms with E-state index in [-0.39, 0.29) is 6.42 Å². The Balaban J connectivity index is 1.90. The summed E-state index contributed by atoms with van der Waals surface area (Å²) >= 11 is 12.7. The van der Waals surface area contributed by atoms with Crippen molar-refractivity contribution in [1.29, 1.82) is 0 Å². The molecule has 0 fully saturated rings. The van der Waals surface area contributed by atoms with Crippen LogP contribution >= 0.6 is 23.2 Å². The predicted octanol–water partition coefficient (Wildman–Crippen LogP) is 5.41. The summed E-state index contributed by atoms with van der Waals surface area (Å²) in [6.07, 6.45) is 3.47. The highest BCUT2D eigenvalue weighted by molar-refractivity contribution is 7.92. The number of carbonyl (C=O) groups excluding carboxylic acids is 1. The Morgan fingerprint density at radius 1 is 0.972 bits per heavy atom. The van der Waals surface area contributed by atoms with Crippen molar-refractivity contribution in [3.8, 4) is 11.5 Å². The first-order valence-electron chi connectivity index (χ1n) is 10.8. The van der Waals surface area contributed by atoms with Crippen LogP contribution in [0, 0.1) is 0 Å². The summed E-state index contributed by atoms with van der Waals surface area (Å²) in [5.74, 6) is -0.115. The van der Waals surface area contributed by atoms with Gasteiger partial charge in [0.25, 0.3) is 0 Å². The molecule has 2 atom stereocenters. The summed E-state index contributed by atoms with van der Waals surface area (Å²) in [5.41, 5.74) is 2.30. The van der Waals surface area contributed by atoms with Gasteiger partial charge >= 0.3 is 5.97 Å². The molecule has 0 saturated carbocycles. The summed E-state index contributed by atoms with van der Waals surface area (Å²) in [4.78, 5) is 17.2. The van der Waals surface area contributed by atoms with Crippen molar-refractivity contribution in [3.05, 3.63) is 81.6 Å². The number of benzene rings is 2. The summed E-state index contributed by atoms with van der Waals surface area (Å²) in [6.45, 7) is 1.71. The Kier molecular flexibility index (Phi) is 9.05. The van der Waals surface area contributed by atoms with E-state index in [0.717, 1.165) is 6.26 Å². The Morgan fingerprint density at radius 3 is 2.11 bits per heavy atom. The van der Waals surface area contributed by atoms with E-state index >= 15 is 0 Å². The van der Waals surface area contributed by atoms with Crippen molar-refractivity contribution < 1.29 is 27.4 Å². The van der Waals surface area contributed by atoms with E-state index < -0.39 is 28.0 Å². The van der Waals surface area contributed by atoms with Gasteiger partial charge < -0.3 is 14.2 Å². The molecular formula is C25H26Cl2N2O6S. The number of esters is 1. The molecule has 192 valence electrons. The number of aromatic nitrogens is 1. The van der Waals surface area contributed by atoms with Crippen LogP contribution in [-0.2, 0) is 26.0 Å². The third kappa shape index (κ3) is 7.02. The second-order valence-electron chi connectivity index (χ2n) is 8.04. The van der Waals surface area contributed by atoms with Gasteiger partial charge in [-0.05, 0) is 47.9 Å². The predicted molar refractivity (Wildman–Crippen MR) is 140 cm³/mol. The first-order valence-corrected chi connectivity index (χ1v) is 13.4. The van der Waals surface area contributed by atoms with Crippen LogP contribution in [0.1, 0.15) is 35.6 Å². The van der Waals surface area contributed by atoms with Crippen molar-refractivity contribution in [2.75, 3.05) is 25.2 Å². The number of rotatable bonds is 10. The normalized spacial score (nSPS) is 12.9. The lowest BCUT2D eigenvalue weighted by molar-refractivity contribution is -0.151. The third-order valence-corrected chi connectivity index (χ3v) is 6.71. The maximum absolute atomic E-state index is 13.2. The zero-order chi connectivity index (χ0) is 26.5. The Hall–Kier alpha value is -3.01. The lowest BCUT2D eigenvalue weighted by atomic mass is 9.99. The standard InChI is InChI=1S/C25H26Cl2N2O6S/c1-15(16-5-8-18(9-6-16)29-36(4,31)32)25(30)35-23(12-19-20(26)13-28-14-21(19)27)17-7-10-22(33-2)24(11-17)34-3/h5-11,13-15,23,29H,12H2,1-4H3. The highest BCUT2D eigenvalue weighted by Gasteiger charge is 2.26. The summed E-state index contributed by atoms with van der Waals surface area (Å²) in [5, 5.41) is 0.706. The van der Waals surface area contributed by atoms with E-state index in [1.807, 2.05) is 0 Å². The molecule has 2 unspecified atom stereocenters. The molecular weight excluding hydrogens is 527 g/mol. The molecule has 0 saturated heterocycles. The van der Waals surface area contributed by atoms with Crippen LogP contribution in [0.3, 0.4) is 0 Å². The Bertz CT molecular complexity index is 1310. The molecule has 0 amide bonds. The quantitative estimate of drug-likeness (QED) is 0.335. The Morgan fingerprint density at radius 2 is 1.56 bits per heavy atom. The van der Waals surface area contributed by atoms with E-state index in [1.54, 1.807) is 49.4 Å². The largest absolute Gasteiger partial charge is 0.493 e. The molecule has 8 nitrogen and oxygen atoms in total. The van der Waals surface area contributed by atoms with Crippen LogP contribution < -0.4 is 14.2 Å². The molecule has 2 aromatic carbocycles. The topological polar surface area (TPSA) is 104 Å². The van der Waals surface area contributed by atoms with Gasteiger partial charge in [0.2, 0.25) is 10.0 Å². The van der Waals surface area contributed by atoms with Gasteiger partial charge in [-0.2, -0.15) is 0 Å². The van der Waals surface area contributed by atoms with Crippen molar-refractivity contribution in [2.45, 2.75) is 25.4 Å². The molecule has 3 rings (SSSR count). The number of methoxy groups -OCH3 is 2. The van der Waals surface area contributed by atoms with Crippen LogP contribution in [0.4, 0.5) is 5.69 Å². The van der Waals surface area contributed by atoms with Crippen LogP contribution in [-0.4, -0.2) is 39.8 Å². The van der Waals surface area contributed by atoms with E-state index in [1.165, 1.54) is 26.6 Å². The second kappa shape index (κ2) is 11.8. The molecule has 36 heavy (non-hydrogen) atoms. The average Bonchev–Trinajstić information content (AvgIpc) is 2.84. The molecule has 1 N–H and O–H groups in total. The fourth-order valence-electron chi connectivity index (χ4n) is 3.53. The van der Waals surface area contributed by atoms with Crippen molar-refractivity contribution in [2.24, 2.45) is 0 Å². The SMILES string of the molecule is COc1ccc(C(Cc2c(Cl)cncc2Cl)OC(=O)C(C)c2ccc(NS(C)(=O)=O)cc2)cc1OC. The van der Waals surface area contributed by atoms with Gasteiger partial charge in [-0.3, -0.25) is 14.5 Å². The van der Waals surface area contributed by atoms with E-state index in [0.29, 0.717) is 43.9 Å². The first kappa shape index (κ1) is 27.6. The van der Waals surface area contributed by atoms with E-state index in [9.17, 15) is 13.2 Å². The number of sulfonamides is 1. The highest BCUT2D eigenvalue weighted by Crippen LogP contribution is 2.36. The number of hydrogen-bond acceptors (Lipinski definition) is 7. The smallest absolute Gasteiger partial charge is 0.313 e. The highest BCUT2D eigenvalue weighted by atomic mass is 35.5. The molecule has 0 aliphatic carbocycles. The monoisotopic (exact) mass is 552 g/mol. The van der Waals surface area contributed by atoms with Gasteiger partial charge in [0, 0.05) is 24.5 Å². The molecule has 1 aromatic heterocycles. The molecule has 0 spiro atoms. The van der Waals surface area contributed by atoms with Crippen molar-refractivity contribution >= 4 is 44.9 Å². The molecule has 0 bridgehead atoms. The molecule has 3 aromatic rings. The minimum Gasteiger partial charge on any atom is -0.493 e. The van der Waals surface area contributed by atoms with E-state index in [4.69, 9.17) is 37.4 Å². The number of anilines is 1. The maximum atomic E-state index is 13.2. The number of carbonyl (C=O) groups is 1. The van der Waals surface area contributed by atoms with Crippen LogP contribution in [0.5, 0.6) is 11.5 Å². The van der Waals surface area contributed by atoms with Crippen LogP contribution in [0.25, 0.3) is 0 Å². The number of nitrogens with zero attached hydrogens (tertiary/aromatic N) is 1. The van der Waals surface area contributed by atoms with Gasteiger partial charge in [-0.1, -0.05) is 41.4 Å². The molecule has 0 aliphatic rings. The van der Waals surface area contributed by atoms with Gasteiger partial charge in [0.15, 0.2) is 11.5 Å². The maximum Gasteiger partial charge on any atom is 0.313 e. The fourth-order valence-corrected chi connectivity index (χ4v) is 4.61. The van der Waals surface area contributed by atoms with Gasteiger partial charge in [0.05, 0.1) is 36.4 Å². The lowest BCUT2D eigenvalue weighted by Crippen LogP contribution is -2.19. The number of pyridine rings is 1. The third-order valence-electron chi connectivity index (χ3n) is 5.45. The van der Waals surface area contributed by atoms with Crippen LogP contribution in [0.15, 0.2) is 54.9 Å². The number of ether oxygens (including phenoxy) is 3. The van der Waals surface area contributed by atoms with Crippen molar-refractivity contribution in [1.82, 2.24) is 4.98 Å². The number of nitrogens with one attached hydrogen (secondary N) is 1. The minimum absolute atomic E-state index is 0.200.